The SMILES string of the molecule is Cc1ccc2cccc(NCc3ccc(Cl)c(F)c3)c2n1. The second-order valence-corrected chi connectivity index (χ2v) is 5.34. The van der Waals surface area contributed by atoms with Crippen molar-refractivity contribution in [1.82, 2.24) is 4.98 Å². The number of aryl methyl sites for hydroxylation is 1. The van der Waals surface area contributed by atoms with Crippen LogP contribution in [0, 0.1) is 12.7 Å². The lowest BCUT2D eigenvalue weighted by atomic mass is 10.1. The van der Waals surface area contributed by atoms with Gasteiger partial charge in [-0.1, -0.05) is 35.9 Å². The topological polar surface area (TPSA) is 24.9 Å². The smallest absolute Gasteiger partial charge is 0.142 e. The van der Waals surface area contributed by atoms with Gasteiger partial charge in [0.1, 0.15) is 5.82 Å². The Kier molecular flexibility index (Phi) is 3.76. The molecule has 0 radical (unpaired) electrons. The maximum atomic E-state index is 13.4. The number of benzene rings is 2. The van der Waals surface area contributed by atoms with E-state index in [1.807, 2.05) is 43.3 Å². The van der Waals surface area contributed by atoms with Crippen molar-refractivity contribution in [2.75, 3.05) is 5.32 Å². The van der Waals surface area contributed by atoms with Crippen molar-refractivity contribution in [2.45, 2.75) is 13.5 Å². The quantitative estimate of drug-likeness (QED) is 0.740. The number of nitrogens with one attached hydrogen (secondary N) is 1. The molecule has 106 valence electrons. The molecule has 0 spiro atoms. The fraction of sp³-hybridized carbons (Fsp3) is 0.118. The Morgan fingerprint density at radius 3 is 2.81 bits per heavy atom. The second kappa shape index (κ2) is 5.70. The van der Waals surface area contributed by atoms with Gasteiger partial charge in [0.15, 0.2) is 0 Å². The van der Waals surface area contributed by atoms with E-state index in [1.165, 1.54) is 6.07 Å². The monoisotopic (exact) mass is 300 g/mol. The standard InChI is InChI=1S/C17H14ClFN2/c1-11-5-7-13-3-2-4-16(17(13)21-11)20-10-12-6-8-14(18)15(19)9-12/h2-9,20H,10H2,1H3. The molecule has 0 atom stereocenters. The van der Waals surface area contributed by atoms with E-state index in [2.05, 4.69) is 10.3 Å². The fourth-order valence-corrected chi connectivity index (χ4v) is 2.35. The zero-order chi connectivity index (χ0) is 14.8. The van der Waals surface area contributed by atoms with Crippen molar-refractivity contribution < 1.29 is 4.39 Å². The summed E-state index contributed by atoms with van der Waals surface area (Å²) in [4.78, 5) is 4.56. The van der Waals surface area contributed by atoms with Crippen molar-refractivity contribution in [2.24, 2.45) is 0 Å². The van der Waals surface area contributed by atoms with E-state index in [9.17, 15) is 4.39 Å². The first-order chi connectivity index (χ1) is 10.1. The number of fused-ring (bicyclic) bond motifs is 1. The number of halogens is 2. The third-order valence-electron chi connectivity index (χ3n) is 3.33. The van der Waals surface area contributed by atoms with Gasteiger partial charge in [-0.15, -0.1) is 0 Å². The summed E-state index contributed by atoms with van der Waals surface area (Å²) < 4.78 is 13.4. The normalized spacial score (nSPS) is 10.8. The average molecular weight is 301 g/mol. The molecule has 3 aromatic rings. The highest BCUT2D eigenvalue weighted by Crippen LogP contribution is 2.23. The lowest BCUT2D eigenvalue weighted by Crippen LogP contribution is -2.01. The van der Waals surface area contributed by atoms with E-state index < -0.39 is 5.82 Å². The molecule has 0 amide bonds. The maximum absolute atomic E-state index is 13.4. The fourth-order valence-electron chi connectivity index (χ4n) is 2.23. The molecular formula is C17H14ClFN2. The first kappa shape index (κ1) is 13.8. The van der Waals surface area contributed by atoms with E-state index in [-0.39, 0.29) is 5.02 Å². The van der Waals surface area contributed by atoms with Crippen molar-refractivity contribution in [1.29, 1.82) is 0 Å². The van der Waals surface area contributed by atoms with Gasteiger partial charge in [-0.05, 0) is 36.8 Å². The Morgan fingerprint density at radius 1 is 1.14 bits per heavy atom. The van der Waals surface area contributed by atoms with Gasteiger partial charge < -0.3 is 5.32 Å². The van der Waals surface area contributed by atoms with Crippen LogP contribution >= 0.6 is 11.6 Å². The van der Waals surface area contributed by atoms with Gasteiger partial charge in [-0.25, -0.2) is 4.39 Å². The van der Waals surface area contributed by atoms with Crippen LogP contribution < -0.4 is 5.32 Å². The lowest BCUT2D eigenvalue weighted by Gasteiger charge is -2.10. The highest BCUT2D eigenvalue weighted by Gasteiger charge is 2.04. The van der Waals surface area contributed by atoms with E-state index in [4.69, 9.17) is 11.6 Å². The summed E-state index contributed by atoms with van der Waals surface area (Å²) in [7, 11) is 0. The van der Waals surface area contributed by atoms with Gasteiger partial charge in [0.25, 0.3) is 0 Å². The predicted molar refractivity (Wildman–Crippen MR) is 85.2 cm³/mol. The highest BCUT2D eigenvalue weighted by atomic mass is 35.5. The number of anilines is 1. The number of pyridine rings is 1. The minimum Gasteiger partial charge on any atom is -0.379 e. The zero-order valence-electron chi connectivity index (χ0n) is 11.5. The first-order valence-electron chi connectivity index (χ1n) is 6.68. The van der Waals surface area contributed by atoms with E-state index in [0.29, 0.717) is 6.54 Å². The molecule has 1 aromatic heterocycles. The van der Waals surface area contributed by atoms with Gasteiger partial charge in [0.2, 0.25) is 0 Å². The van der Waals surface area contributed by atoms with Crippen LogP contribution in [0.1, 0.15) is 11.3 Å². The third-order valence-corrected chi connectivity index (χ3v) is 3.63. The Hall–Kier alpha value is -2.13. The van der Waals surface area contributed by atoms with Crippen LogP contribution in [0.5, 0.6) is 0 Å². The van der Waals surface area contributed by atoms with Gasteiger partial charge in [-0.3, -0.25) is 4.98 Å². The van der Waals surface area contributed by atoms with Crippen LogP contribution in [0.2, 0.25) is 5.02 Å². The summed E-state index contributed by atoms with van der Waals surface area (Å²) in [6.07, 6.45) is 0. The van der Waals surface area contributed by atoms with Crippen LogP contribution in [-0.2, 0) is 6.54 Å². The maximum Gasteiger partial charge on any atom is 0.142 e. The van der Waals surface area contributed by atoms with Gasteiger partial charge in [-0.2, -0.15) is 0 Å². The first-order valence-corrected chi connectivity index (χ1v) is 7.05. The third kappa shape index (κ3) is 2.98. The Labute approximate surface area is 127 Å². The zero-order valence-corrected chi connectivity index (χ0v) is 12.3. The average Bonchev–Trinajstić information content (AvgIpc) is 2.48. The number of aromatic nitrogens is 1. The molecule has 3 rings (SSSR count). The van der Waals surface area contributed by atoms with Crippen molar-refractivity contribution in [3.8, 4) is 0 Å². The van der Waals surface area contributed by atoms with Crippen LogP contribution in [0.25, 0.3) is 10.9 Å². The Balaban J connectivity index is 1.88. The summed E-state index contributed by atoms with van der Waals surface area (Å²) in [6.45, 7) is 2.48. The highest BCUT2D eigenvalue weighted by molar-refractivity contribution is 6.30. The molecule has 0 aliphatic carbocycles. The van der Waals surface area contributed by atoms with E-state index in [0.717, 1.165) is 27.8 Å². The lowest BCUT2D eigenvalue weighted by molar-refractivity contribution is 0.626. The molecule has 21 heavy (non-hydrogen) atoms. The van der Waals surface area contributed by atoms with Gasteiger partial charge in [0.05, 0.1) is 16.2 Å². The number of rotatable bonds is 3. The summed E-state index contributed by atoms with van der Waals surface area (Å²) >= 11 is 5.69. The van der Waals surface area contributed by atoms with Gasteiger partial charge in [0, 0.05) is 17.6 Å². The van der Waals surface area contributed by atoms with E-state index >= 15 is 0 Å². The molecular weight excluding hydrogens is 287 g/mol. The molecule has 2 aromatic carbocycles. The minimum atomic E-state index is -0.400. The molecule has 0 fully saturated rings. The Bertz CT molecular complexity index is 802. The largest absolute Gasteiger partial charge is 0.379 e. The molecule has 0 bridgehead atoms. The molecule has 1 N–H and O–H groups in total. The molecule has 0 saturated carbocycles. The van der Waals surface area contributed by atoms with Crippen LogP contribution in [-0.4, -0.2) is 4.98 Å². The summed E-state index contributed by atoms with van der Waals surface area (Å²) in [5.74, 6) is -0.400. The summed E-state index contributed by atoms with van der Waals surface area (Å²) in [6, 6.07) is 14.8. The summed E-state index contributed by atoms with van der Waals surface area (Å²) in [5, 5.41) is 4.52. The molecule has 4 heteroatoms. The van der Waals surface area contributed by atoms with Crippen LogP contribution in [0.4, 0.5) is 10.1 Å². The van der Waals surface area contributed by atoms with E-state index in [1.54, 1.807) is 6.07 Å². The van der Waals surface area contributed by atoms with Crippen molar-refractivity contribution in [3.63, 3.8) is 0 Å². The second-order valence-electron chi connectivity index (χ2n) is 4.93. The molecule has 1 heterocycles. The molecule has 0 saturated heterocycles. The molecule has 0 aliphatic rings. The van der Waals surface area contributed by atoms with Gasteiger partial charge >= 0.3 is 0 Å². The number of para-hydroxylation sites is 1. The van der Waals surface area contributed by atoms with Crippen molar-refractivity contribution >= 4 is 28.2 Å². The number of hydrogen-bond donors (Lipinski definition) is 1. The summed E-state index contributed by atoms with van der Waals surface area (Å²) in [5.41, 5.74) is 3.66. The molecule has 2 nitrogen and oxygen atoms in total. The number of hydrogen-bond acceptors (Lipinski definition) is 2. The van der Waals surface area contributed by atoms with Crippen LogP contribution in [0.15, 0.2) is 48.5 Å². The van der Waals surface area contributed by atoms with Crippen molar-refractivity contribution in [3.05, 3.63) is 70.6 Å². The molecule has 0 unspecified atom stereocenters. The Morgan fingerprint density at radius 2 is 2.00 bits per heavy atom. The number of nitrogens with zero attached hydrogens (tertiary/aromatic N) is 1. The predicted octanol–water partition coefficient (Wildman–Crippen LogP) is 4.95. The molecule has 0 aliphatic heterocycles. The minimum absolute atomic E-state index is 0.140. The van der Waals surface area contributed by atoms with Crippen LogP contribution in [0.3, 0.4) is 0 Å².